The minimum atomic E-state index is 0. The normalized spacial score (nSPS) is 6.00. The average molecular weight is 117 g/mol. The van der Waals surface area contributed by atoms with E-state index in [1.165, 1.54) is 0 Å². The molecule has 0 aliphatic carbocycles. The molecule has 0 aromatic rings. The standard InChI is InChI=1S/CH5ClN2.ClH/c2-1-4-3;/h4H,1,3H2;1H. The lowest BCUT2D eigenvalue weighted by molar-refractivity contribution is 0.865. The van der Waals surface area contributed by atoms with Crippen LogP contribution < -0.4 is 11.3 Å². The van der Waals surface area contributed by atoms with Gasteiger partial charge in [0.15, 0.2) is 0 Å². The van der Waals surface area contributed by atoms with Crippen molar-refractivity contribution in [1.82, 2.24) is 5.43 Å². The summed E-state index contributed by atoms with van der Waals surface area (Å²) in [7, 11) is 0. The monoisotopic (exact) mass is 116 g/mol. The van der Waals surface area contributed by atoms with E-state index in [-0.39, 0.29) is 12.4 Å². The summed E-state index contributed by atoms with van der Waals surface area (Å²) >= 11 is 4.95. The summed E-state index contributed by atoms with van der Waals surface area (Å²) in [5, 5.41) is 0. The van der Waals surface area contributed by atoms with Crippen molar-refractivity contribution in [1.29, 1.82) is 0 Å². The number of hydrogen-bond donors (Lipinski definition) is 2. The van der Waals surface area contributed by atoms with Crippen molar-refractivity contribution in [2.24, 2.45) is 5.84 Å². The van der Waals surface area contributed by atoms with Crippen LogP contribution in [0, 0.1) is 0 Å². The van der Waals surface area contributed by atoms with Crippen LogP contribution in [0.25, 0.3) is 0 Å². The molecule has 0 aliphatic heterocycles. The van der Waals surface area contributed by atoms with E-state index < -0.39 is 0 Å². The molecular weight excluding hydrogens is 111 g/mol. The minimum Gasteiger partial charge on any atom is -0.270 e. The molecule has 0 bridgehead atoms. The van der Waals surface area contributed by atoms with Gasteiger partial charge in [0.2, 0.25) is 0 Å². The number of hydrogen-bond acceptors (Lipinski definition) is 2. The van der Waals surface area contributed by atoms with Gasteiger partial charge in [0, 0.05) is 0 Å². The molecule has 0 fully saturated rings. The lowest BCUT2D eigenvalue weighted by Gasteiger charge is -1.74. The van der Waals surface area contributed by atoms with Gasteiger partial charge in [-0.1, -0.05) is 0 Å². The molecule has 0 aliphatic rings. The van der Waals surface area contributed by atoms with Crippen molar-refractivity contribution in [3.05, 3.63) is 0 Å². The maximum Gasteiger partial charge on any atom is 0.0841 e. The second kappa shape index (κ2) is 8.82. The van der Waals surface area contributed by atoms with Crippen LogP contribution in [0.3, 0.4) is 0 Å². The summed E-state index contributed by atoms with van der Waals surface area (Å²) in [6.07, 6.45) is 0. The van der Waals surface area contributed by atoms with E-state index in [0.29, 0.717) is 6.00 Å². The molecular formula is CH6Cl2N2. The summed E-state index contributed by atoms with van der Waals surface area (Å²) in [6.45, 7) is 0. The Morgan fingerprint density at radius 3 is 2.00 bits per heavy atom. The zero-order valence-electron chi connectivity index (χ0n) is 2.57. The topological polar surface area (TPSA) is 38.0 Å². The third-order valence-electron chi connectivity index (χ3n) is 0.0772. The van der Waals surface area contributed by atoms with E-state index in [9.17, 15) is 0 Å². The van der Waals surface area contributed by atoms with E-state index in [1.54, 1.807) is 0 Å². The lowest BCUT2D eigenvalue weighted by atomic mass is 11.5. The van der Waals surface area contributed by atoms with Gasteiger partial charge in [-0.05, 0) is 0 Å². The minimum absolute atomic E-state index is 0. The van der Waals surface area contributed by atoms with Crippen molar-refractivity contribution in [3.63, 3.8) is 0 Å². The molecule has 0 saturated heterocycles. The molecule has 5 heavy (non-hydrogen) atoms. The summed E-state index contributed by atoms with van der Waals surface area (Å²) in [5.41, 5.74) is 2.20. The molecule has 3 N–H and O–H groups in total. The molecule has 0 spiro atoms. The first kappa shape index (κ1) is 9.09. The Balaban J connectivity index is 0. The smallest absolute Gasteiger partial charge is 0.0841 e. The number of alkyl halides is 1. The summed E-state index contributed by atoms with van der Waals surface area (Å²) in [4.78, 5) is 0. The largest absolute Gasteiger partial charge is 0.270 e. The van der Waals surface area contributed by atoms with Gasteiger partial charge < -0.3 is 0 Å². The second-order valence-electron chi connectivity index (χ2n) is 0.338. The highest BCUT2D eigenvalue weighted by atomic mass is 35.5. The average Bonchev–Trinajstić information content (AvgIpc) is 1.37. The van der Waals surface area contributed by atoms with Crippen LogP contribution in [0.1, 0.15) is 0 Å². The van der Waals surface area contributed by atoms with Gasteiger partial charge in [-0.3, -0.25) is 5.84 Å². The number of hydrazine groups is 1. The highest BCUT2D eigenvalue weighted by molar-refractivity contribution is 6.17. The third-order valence-corrected chi connectivity index (χ3v) is 0.231. The Kier molecular flexibility index (Phi) is 16.0. The Labute approximate surface area is 42.1 Å². The first-order valence-corrected chi connectivity index (χ1v) is 1.44. The van der Waals surface area contributed by atoms with Gasteiger partial charge in [-0.2, -0.15) is 0 Å². The van der Waals surface area contributed by atoms with E-state index in [4.69, 9.17) is 11.6 Å². The van der Waals surface area contributed by atoms with Gasteiger partial charge in [-0.15, -0.1) is 24.0 Å². The van der Waals surface area contributed by atoms with Gasteiger partial charge in [0.05, 0.1) is 6.00 Å². The first-order valence-electron chi connectivity index (χ1n) is 0.909. The second-order valence-corrected chi connectivity index (χ2v) is 0.605. The maximum atomic E-state index is 4.95. The van der Waals surface area contributed by atoms with Crippen molar-refractivity contribution >= 4 is 24.0 Å². The molecule has 0 rings (SSSR count). The number of nitrogens with one attached hydrogen (secondary N) is 1. The van der Waals surface area contributed by atoms with Crippen LogP contribution in [0.4, 0.5) is 0 Å². The van der Waals surface area contributed by atoms with Crippen LogP contribution in [0.2, 0.25) is 0 Å². The predicted molar refractivity (Wildman–Crippen MR) is 25.3 cm³/mol. The SMILES string of the molecule is Cl.NNCCl. The van der Waals surface area contributed by atoms with Crippen LogP contribution in [0.15, 0.2) is 0 Å². The number of nitrogens with two attached hydrogens (primary N) is 1. The van der Waals surface area contributed by atoms with Crippen LogP contribution in [-0.4, -0.2) is 6.00 Å². The molecule has 34 valence electrons. The third kappa shape index (κ3) is 12.5. The molecule has 0 atom stereocenters. The van der Waals surface area contributed by atoms with Crippen LogP contribution in [-0.2, 0) is 0 Å². The zero-order chi connectivity index (χ0) is 3.41. The highest BCUT2D eigenvalue weighted by Crippen LogP contribution is 1.53. The van der Waals surface area contributed by atoms with Crippen LogP contribution >= 0.6 is 24.0 Å². The van der Waals surface area contributed by atoms with Crippen molar-refractivity contribution in [2.75, 3.05) is 6.00 Å². The summed E-state index contributed by atoms with van der Waals surface area (Å²) < 4.78 is 0. The lowest BCUT2D eigenvalue weighted by Crippen LogP contribution is -2.18. The molecule has 0 aromatic carbocycles. The van der Waals surface area contributed by atoms with Crippen molar-refractivity contribution < 1.29 is 0 Å². The fraction of sp³-hybridized carbons (Fsp3) is 1.00. The molecule has 0 saturated carbocycles. The Morgan fingerprint density at radius 2 is 2.00 bits per heavy atom. The van der Waals surface area contributed by atoms with Gasteiger partial charge in [0.1, 0.15) is 0 Å². The zero-order valence-corrected chi connectivity index (χ0v) is 4.14. The molecule has 0 unspecified atom stereocenters. The first-order chi connectivity index (χ1) is 1.91. The Hall–Kier alpha value is 0.500. The van der Waals surface area contributed by atoms with E-state index in [1.807, 2.05) is 0 Å². The van der Waals surface area contributed by atoms with E-state index in [2.05, 4.69) is 11.3 Å². The van der Waals surface area contributed by atoms with Gasteiger partial charge >= 0.3 is 0 Å². The highest BCUT2D eigenvalue weighted by Gasteiger charge is 1.52. The maximum absolute atomic E-state index is 4.95. The molecule has 0 heterocycles. The van der Waals surface area contributed by atoms with E-state index >= 15 is 0 Å². The fourth-order valence-electron chi connectivity index (χ4n) is 0. The molecule has 4 heteroatoms. The van der Waals surface area contributed by atoms with E-state index in [0.717, 1.165) is 0 Å². The van der Waals surface area contributed by atoms with Crippen LogP contribution in [0.5, 0.6) is 0 Å². The predicted octanol–water partition coefficient (Wildman–Crippen LogP) is 0.0678. The molecule has 0 radical (unpaired) electrons. The Morgan fingerprint density at radius 1 is 1.80 bits per heavy atom. The molecule has 0 amide bonds. The van der Waals surface area contributed by atoms with Crippen molar-refractivity contribution in [2.45, 2.75) is 0 Å². The summed E-state index contributed by atoms with van der Waals surface area (Å²) in [5.74, 6) is 4.65. The molecule has 0 aromatic heterocycles. The fourth-order valence-corrected chi connectivity index (χ4v) is 0. The molecule has 2 nitrogen and oxygen atoms in total. The Bertz CT molecular complexity index is 9.61. The number of rotatable bonds is 1. The van der Waals surface area contributed by atoms with Gasteiger partial charge in [0.25, 0.3) is 0 Å². The quantitative estimate of drug-likeness (QED) is 0.220. The number of halogens is 2. The van der Waals surface area contributed by atoms with Gasteiger partial charge in [-0.25, -0.2) is 5.43 Å². The summed E-state index contributed by atoms with van der Waals surface area (Å²) in [6, 6.07) is 0.319. The van der Waals surface area contributed by atoms with Crippen molar-refractivity contribution in [3.8, 4) is 0 Å².